The van der Waals surface area contributed by atoms with E-state index in [9.17, 15) is 8.42 Å². The van der Waals surface area contributed by atoms with Crippen LogP contribution >= 0.6 is 0 Å². The Labute approximate surface area is 111 Å². The molecule has 0 bridgehead atoms. The molecule has 0 radical (unpaired) electrons. The van der Waals surface area contributed by atoms with E-state index in [0.29, 0.717) is 12.2 Å². The van der Waals surface area contributed by atoms with Crippen LogP contribution in [0.4, 0.5) is 5.69 Å². The molecule has 3 N–H and O–H groups in total. The van der Waals surface area contributed by atoms with Gasteiger partial charge in [-0.3, -0.25) is 4.72 Å². The van der Waals surface area contributed by atoms with E-state index >= 15 is 0 Å². The Morgan fingerprint density at radius 2 is 2.21 bits per heavy atom. The van der Waals surface area contributed by atoms with Crippen molar-refractivity contribution >= 4 is 15.7 Å². The summed E-state index contributed by atoms with van der Waals surface area (Å²) in [6.07, 6.45) is 3.54. The number of nitrogens with zero attached hydrogens (tertiary/aromatic N) is 1. The Balaban J connectivity index is 1.96. The number of aromatic amines is 1. The Morgan fingerprint density at radius 1 is 1.32 bits per heavy atom. The number of imidazole rings is 1. The molecule has 0 atom stereocenters. The monoisotopic (exact) mass is 278 g/mol. The van der Waals surface area contributed by atoms with Gasteiger partial charge in [0.05, 0.1) is 18.2 Å². The molecule has 1 aliphatic heterocycles. The number of hydrogen-bond acceptors (Lipinski definition) is 4. The van der Waals surface area contributed by atoms with Gasteiger partial charge < -0.3 is 10.3 Å². The quantitative estimate of drug-likeness (QED) is 0.777. The third kappa shape index (κ3) is 2.34. The number of anilines is 1. The van der Waals surface area contributed by atoms with Crippen LogP contribution in [0.15, 0.2) is 35.7 Å². The predicted molar refractivity (Wildman–Crippen MR) is 71.2 cm³/mol. The van der Waals surface area contributed by atoms with Crippen LogP contribution in [0.2, 0.25) is 0 Å². The van der Waals surface area contributed by atoms with Gasteiger partial charge in [-0.1, -0.05) is 12.1 Å². The van der Waals surface area contributed by atoms with Gasteiger partial charge in [-0.25, -0.2) is 4.98 Å². The molecule has 6 nitrogen and oxygen atoms in total. The summed E-state index contributed by atoms with van der Waals surface area (Å²) in [5.41, 5.74) is 2.82. The maximum atomic E-state index is 12.1. The molecule has 2 heterocycles. The molecule has 19 heavy (non-hydrogen) atoms. The third-order valence-electron chi connectivity index (χ3n) is 3.15. The summed E-state index contributed by atoms with van der Waals surface area (Å²) < 4.78 is 26.9. The second-order valence-corrected chi connectivity index (χ2v) is 6.04. The molecular weight excluding hydrogens is 264 g/mol. The first-order chi connectivity index (χ1) is 9.17. The fourth-order valence-corrected chi connectivity index (χ4v) is 3.20. The van der Waals surface area contributed by atoms with Gasteiger partial charge in [-0.15, -0.1) is 0 Å². The molecule has 0 spiro atoms. The number of H-pyrrole nitrogens is 1. The van der Waals surface area contributed by atoms with Crippen LogP contribution in [0.1, 0.15) is 11.1 Å². The number of sulfonamides is 1. The Kier molecular flexibility index (Phi) is 3.00. The number of nitrogens with one attached hydrogen (secondary N) is 3. The maximum absolute atomic E-state index is 12.1. The van der Waals surface area contributed by atoms with E-state index in [1.807, 2.05) is 12.1 Å². The van der Waals surface area contributed by atoms with Gasteiger partial charge in [-0.2, -0.15) is 8.42 Å². The Bertz CT molecular complexity index is 680. The molecule has 1 aromatic heterocycles. The Morgan fingerprint density at radius 3 is 3.00 bits per heavy atom. The second kappa shape index (κ2) is 4.67. The lowest BCUT2D eigenvalue weighted by Gasteiger charge is -2.20. The zero-order chi connectivity index (χ0) is 13.3. The van der Waals surface area contributed by atoms with Crippen molar-refractivity contribution in [1.82, 2.24) is 15.3 Å². The summed E-state index contributed by atoms with van der Waals surface area (Å²) in [4.78, 5) is 6.33. The standard InChI is InChI=1S/C12H14N4O2S/c17-19(18,12-7-14-8-15-12)16-11-3-1-2-9-4-5-13-6-10(9)11/h1-3,7-8,13,16H,4-6H2,(H,14,15). The molecule has 0 amide bonds. The lowest BCUT2D eigenvalue weighted by atomic mass is 10.00. The average Bonchev–Trinajstić information content (AvgIpc) is 2.93. The third-order valence-corrected chi connectivity index (χ3v) is 4.44. The van der Waals surface area contributed by atoms with Crippen molar-refractivity contribution in [3.8, 4) is 0 Å². The number of benzene rings is 1. The van der Waals surface area contributed by atoms with Crippen LogP contribution in [0, 0.1) is 0 Å². The van der Waals surface area contributed by atoms with Crippen LogP contribution in [0.5, 0.6) is 0 Å². The zero-order valence-electron chi connectivity index (χ0n) is 10.2. The number of fused-ring (bicyclic) bond motifs is 1. The minimum Gasteiger partial charge on any atom is -0.334 e. The van der Waals surface area contributed by atoms with E-state index in [1.165, 1.54) is 18.1 Å². The predicted octanol–water partition coefficient (Wildman–Crippen LogP) is 0.856. The lowest BCUT2D eigenvalue weighted by Crippen LogP contribution is -2.25. The van der Waals surface area contributed by atoms with Gasteiger partial charge in [0.2, 0.25) is 0 Å². The van der Waals surface area contributed by atoms with Gasteiger partial charge >= 0.3 is 0 Å². The van der Waals surface area contributed by atoms with E-state index in [-0.39, 0.29) is 5.03 Å². The summed E-state index contributed by atoms with van der Waals surface area (Å²) in [5, 5.41) is 3.31. The van der Waals surface area contributed by atoms with E-state index in [1.54, 1.807) is 6.07 Å². The largest absolute Gasteiger partial charge is 0.334 e. The summed E-state index contributed by atoms with van der Waals surface area (Å²) in [7, 11) is -3.60. The van der Waals surface area contributed by atoms with Crippen molar-refractivity contribution in [3.63, 3.8) is 0 Å². The van der Waals surface area contributed by atoms with Crippen molar-refractivity contribution in [2.24, 2.45) is 0 Å². The van der Waals surface area contributed by atoms with Gasteiger partial charge in [0.25, 0.3) is 10.0 Å². The molecule has 1 aromatic carbocycles. The van der Waals surface area contributed by atoms with Crippen LogP contribution in [-0.2, 0) is 23.0 Å². The molecule has 100 valence electrons. The van der Waals surface area contributed by atoms with Gasteiger partial charge in [-0.05, 0) is 30.2 Å². The van der Waals surface area contributed by atoms with Crippen molar-refractivity contribution in [3.05, 3.63) is 41.9 Å². The first kappa shape index (κ1) is 12.2. The number of aromatic nitrogens is 2. The molecule has 1 aliphatic rings. The van der Waals surface area contributed by atoms with Crippen molar-refractivity contribution in [2.45, 2.75) is 18.0 Å². The number of rotatable bonds is 3. The first-order valence-electron chi connectivity index (χ1n) is 5.99. The fraction of sp³-hybridized carbons (Fsp3) is 0.250. The highest BCUT2D eigenvalue weighted by atomic mass is 32.2. The highest BCUT2D eigenvalue weighted by Gasteiger charge is 2.19. The molecule has 0 unspecified atom stereocenters. The summed E-state index contributed by atoms with van der Waals surface area (Å²) in [5.74, 6) is 0. The van der Waals surface area contributed by atoms with Crippen LogP contribution in [0.3, 0.4) is 0 Å². The van der Waals surface area contributed by atoms with Gasteiger partial charge in [0.1, 0.15) is 0 Å². The SMILES string of the molecule is O=S(=O)(Nc1cccc2c1CNCC2)c1cnc[nH]1. The van der Waals surface area contributed by atoms with E-state index in [2.05, 4.69) is 20.0 Å². The first-order valence-corrected chi connectivity index (χ1v) is 7.48. The maximum Gasteiger partial charge on any atom is 0.278 e. The van der Waals surface area contributed by atoms with Crippen molar-refractivity contribution < 1.29 is 8.42 Å². The van der Waals surface area contributed by atoms with Crippen LogP contribution < -0.4 is 10.0 Å². The fourth-order valence-electron chi connectivity index (χ4n) is 2.20. The molecule has 3 rings (SSSR count). The normalized spacial score (nSPS) is 14.9. The molecule has 0 fully saturated rings. The number of hydrogen-bond donors (Lipinski definition) is 3. The molecule has 0 saturated carbocycles. The second-order valence-electron chi connectivity index (χ2n) is 4.39. The van der Waals surface area contributed by atoms with Crippen molar-refractivity contribution in [2.75, 3.05) is 11.3 Å². The smallest absolute Gasteiger partial charge is 0.278 e. The van der Waals surface area contributed by atoms with Gasteiger partial charge in [0.15, 0.2) is 5.03 Å². The van der Waals surface area contributed by atoms with Gasteiger partial charge in [0, 0.05) is 6.54 Å². The van der Waals surface area contributed by atoms with Crippen LogP contribution in [-0.4, -0.2) is 24.9 Å². The summed E-state index contributed by atoms with van der Waals surface area (Å²) >= 11 is 0. The minimum absolute atomic E-state index is 0.0638. The molecule has 2 aromatic rings. The summed E-state index contributed by atoms with van der Waals surface area (Å²) in [6.45, 7) is 1.60. The molecule has 0 aliphatic carbocycles. The average molecular weight is 278 g/mol. The molecule has 7 heteroatoms. The molecule has 0 saturated heterocycles. The minimum atomic E-state index is -3.60. The van der Waals surface area contributed by atoms with E-state index in [0.717, 1.165) is 18.5 Å². The topological polar surface area (TPSA) is 86.9 Å². The van der Waals surface area contributed by atoms with Crippen LogP contribution in [0.25, 0.3) is 0 Å². The summed E-state index contributed by atoms with van der Waals surface area (Å²) in [6, 6.07) is 5.68. The Hall–Kier alpha value is -1.86. The molecular formula is C12H14N4O2S. The van der Waals surface area contributed by atoms with E-state index < -0.39 is 10.0 Å². The highest BCUT2D eigenvalue weighted by Crippen LogP contribution is 2.24. The van der Waals surface area contributed by atoms with E-state index in [4.69, 9.17) is 0 Å². The lowest BCUT2D eigenvalue weighted by molar-refractivity contribution is 0.597. The van der Waals surface area contributed by atoms with Crippen molar-refractivity contribution in [1.29, 1.82) is 0 Å². The highest BCUT2D eigenvalue weighted by molar-refractivity contribution is 7.92. The zero-order valence-corrected chi connectivity index (χ0v) is 11.0.